The summed E-state index contributed by atoms with van der Waals surface area (Å²) in [5.74, 6) is 1.45. The van der Waals surface area contributed by atoms with Crippen LogP contribution in [0.5, 0.6) is 11.5 Å². The number of aromatic amines is 1. The zero-order valence-corrected chi connectivity index (χ0v) is 16.9. The molecular weight excluding hydrogens is 358 g/mol. The Hall–Kier alpha value is -2.54. The van der Waals surface area contributed by atoms with Gasteiger partial charge >= 0.3 is 0 Å². The van der Waals surface area contributed by atoms with Crippen molar-refractivity contribution in [3.63, 3.8) is 0 Å². The molecule has 0 aliphatic carbocycles. The Balaban J connectivity index is 1.56. The molecule has 7 nitrogen and oxygen atoms in total. The summed E-state index contributed by atoms with van der Waals surface area (Å²) in [5.41, 5.74) is 4.87. The molecule has 4 rings (SSSR count). The molecule has 150 valence electrons. The molecule has 2 aliphatic heterocycles. The molecule has 0 radical (unpaired) electrons. The highest BCUT2D eigenvalue weighted by molar-refractivity contribution is 5.94. The van der Waals surface area contributed by atoms with Crippen LogP contribution in [0.25, 0.3) is 0 Å². The molecule has 0 bridgehead atoms. The minimum Gasteiger partial charge on any atom is -0.493 e. The topological polar surface area (TPSA) is 76.7 Å². The number of hydrogen-bond acceptors (Lipinski definition) is 5. The lowest BCUT2D eigenvalue weighted by Gasteiger charge is -2.26. The van der Waals surface area contributed by atoms with Crippen molar-refractivity contribution in [2.75, 3.05) is 27.3 Å². The van der Waals surface area contributed by atoms with Crippen molar-refractivity contribution in [1.82, 2.24) is 15.1 Å². The van der Waals surface area contributed by atoms with Crippen LogP contribution in [0.3, 0.4) is 0 Å². The second kappa shape index (κ2) is 7.47. The Morgan fingerprint density at radius 2 is 1.75 bits per heavy atom. The summed E-state index contributed by atoms with van der Waals surface area (Å²) in [6.07, 6.45) is 2.29. The lowest BCUT2D eigenvalue weighted by atomic mass is 9.99. The zero-order chi connectivity index (χ0) is 19.8. The van der Waals surface area contributed by atoms with E-state index in [-0.39, 0.29) is 18.1 Å². The smallest absolute Gasteiger partial charge is 0.274 e. The maximum absolute atomic E-state index is 13.2. The number of carbonyl (C=O) groups excluding carboxylic acids is 1. The van der Waals surface area contributed by atoms with Crippen molar-refractivity contribution >= 4 is 5.91 Å². The fraction of sp³-hybridized carbons (Fsp3) is 0.524. The average Bonchev–Trinajstić information content (AvgIpc) is 3.00. The average molecular weight is 385 g/mol. The highest BCUT2D eigenvalue weighted by atomic mass is 16.5. The summed E-state index contributed by atoms with van der Waals surface area (Å²) in [6.45, 7) is 5.34. The molecule has 0 unspecified atom stereocenters. The molecule has 7 heteroatoms. The number of amides is 1. The van der Waals surface area contributed by atoms with Crippen LogP contribution in [0.2, 0.25) is 0 Å². The number of H-pyrrole nitrogens is 1. The van der Waals surface area contributed by atoms with Crippen LogP contribution >= 0.6 is 0 Å². The summed E-state index contributed by atoms with van der Waals surface area (Å²) < 4.78 is 16.7. The van der Waals surface area contributed by atoms with Crippen molar-refractivity contribution in [2.24, 2.45) is 0 Å². The lowest BCUT2D eigenvalue weighted by Crippen LogP contribution is -2.34. The summed E-state index contributed by atoms with van der Waals surface area (Å²) >= 11 is 0. The summed E-state index contributed by atoms with van der Waals surface area (Å²) in [4.78, 5) is 15.2. The van der Waals surface area contributed by atoms with Gasteiger partial charge in [0.05, 0.1) is 32.1 Å². The fourth-order valence-corrected chi connectivity index (χ4v) is 4.25. The van der Waals surface area contributed by atoms with Gasteiger partial charge in [-0.15, -0.1) is 0 Å². The molecule has 1 N–H and O–H groups in total. The van der Waals surface area contributed by atoms with Crippen LogP contribution in [-0.4, -0.2) is 54.4 Å². The molecule has 28 heavy (non-hydrogen) atoms. The SMILES string of the molecule is COc1cc2c(cc1OC)CCN(C(=O)c1n[nH]c3c1C[C@H](C)O[C@@H]3C)CC2. The molecule has 2 atom stereocenters. The van der Waals surface area contributed by atoms with E-state index in [0.29, 0.717) is 25.2 Å². The zero-order valence-electron chi connectivity index (χ0n) is 16.9. The van der Waals surface area contributed by atoms with E-state index >= 15 is 0 Å². The maximum Gasteiger partial charge on any atom is 0.274 e. The fourth-order valence-electron chi connectivity index (χ4n) is 4.25. The number of fused-ring (bicyclic) bond motifs is 2. The van der Waals surface area contributed by atoms with Crippen molar-refractivity contribution in [3.8, 4) is 11.5 Å². The molecule has 1 aromatic heterocycles. The predicted octanol–water partition coefficient (Wildman–Crippen LogP) is 2.69. The van der Waals surface area contributed by atoms with Crippen molar-refractivity contribution in [2.45, 2.75) is 45.3 Å². The number of aromatic nitrogens is 2. The third-order valence-corrected chi connectivity index (χ3v) is 5.73. The van der Waals surface area contributed by atoms with Crippen LogP contribution < -0.4 is 9.47 Å². The van der Waals surface area contributed by atoms with E-state index < -0.39 is 0 Å². The molecule has 0 saturated carbocycles. The normalized spacial score (nSPS) is 21.5. The standard InChI is InChI=1S/C21H27N3O4/c1-12-9-16-19(13(2)28-12)22-23-20(16)21(25)24-7-5-14-10-17(26-3)18(27-4)11-15(14)6-8-24/h10-13H,5-9H2,1-4H3,(H,22,23)/t12-,13+/m0/s1. The van der Waals surface area contributed by atoms with Gasteiger partial charge in [0.25, 0.3) is 5.91 Å². The number of hydrogen-bond donors (Lipinski definition) is 1. The van der Waals surface area contributed by atoms with E-state index in [2.05, 4.69) is 10.2 Å². The van der Waals surface area contributed by atoms with Crippen molar-refractivity contribution in [3.05, 3.63) is 40.2 Å². The molecule has 3 heterocycles. The molecule has 2 aromatic rings. The lowest BCUT2D eigenvalue weighted by molar-refractivity contribution is -0.00701. The number of ether oxygens (including phenoxy) is 3. The first-order valence-corrected chi connectivity index (χ1v) is 9.77. The van der Waals surface area contributed by atoms with Gasteiger partial charge in [-0.1, -0.05) is 0 Å². The van der Waals surface area contributed by atoms with Gasteiger partial charge in [0.15, 0.2) is 17.2 Å². The van der Waals surface area contributed by atoms with Crippen LogP contribution in [0, 0.1) is 0 Å². The molecule has 0 fully saturated rings. The summed E-state index contributed by atoms with van der Waals surface area (Å²) in [5, 5.41) is 7.38. The van der Waals surface area contributed by atoms with Gasteiger partial charge in [0.2, 0.25) is 0 Å². The van der Waals surface area contributed by atoms with Gasteiger partial charge in [-0.25, -0.2) is 0 Å². The number of rotatable bonds is 3. The Kier molecular flexibility index (Phi) is 5.02. The summed E-state index contributed by atoms with van der Waals surface area (Å²) in [6, 6.07) is 4.05. The minimum absolute atomic E-state index is 0.00876. The Bertz CT molecular complexity index is 857. The minimum atomic E-state index is -0.0684. The molecule has 0 saturated heterocycles. The number of benzene rings is 1. The molecule has 0 spiro atoms. The monoisotopic (exact) mass is 385 g/mol. The summed E-state index contributed by atoms with van der Waals surface area (Å²) in [7, 11) is 3.28. The second-order valence-electron chi connectivity index (χ2n) is 7.53. The van der Waals surface area contributed by atoms with Gasteiger partial charge in [-0.05, 0) is 49.9 Å². The third kappa shape index (κ3) is 3.24. The van der Waals surface area contributed by atoms with Gasteiger partial charge in [0.1, 0.15) is 0 Å². The first-order chi connectivity index (χ1) is 13.5. The van der Waals surface area contributed by atoms with E-state index in [1.807, 2.05) is 30.9 Å². The van der Waals surface area contributed by atoms with Crippen LogP contribution in [0.4, 0.5) is 0 Å². The number of nitrogens with one attached hydrogen (secondary N) is 1. The van der Waals surface area contributed by atoms with Crippen LogP contribution in [-0.2, 0) is 24.0 Å². The van der Waals surface area contributed by atoms with E-state index in [4.69, 9.17) is 14.2 Å². The van der Waals surface area contributed by atoms with E-state index in [9.17, 15) is 4.79 Å². The highest BCUT2D eigenvalue weighted by Crippen LogP contribution is 2.33. The molecule has 1 aromatic carbocycles. The van der Waals surface area contributed by atoms with E-state index in [0.717, 1.165) is 35.6 Å². The van der Waals surface area contributed by atoms with Crippen LogP contribution in [0.1, 0.15) is 52.8 Å². The largest absolute Gasteiger partial charge is 0.493 e. The molecule has 1 amide bonds. The highest BCUT2D eigenvalue weighted by Gasteiger charge is 2.32. The van der Waals surface area contributed by atoms with Gasteiger partial charge < -0.3 is 19.1 Å². The Morgan fingerprint density at radius 1 is 1.14 bits per heavy atom. The Morgan fingerprint density at radius 3 is 2.32 bits per heavy atom. The Labute approximate surface area is 165 Å². The van der Waals surface area contributed by atoms with Gasteiger partial charge in [-0.2, -0.15) is 5.10 Å². The molecule has 2 aliphatic rings. The first-order valence-electron chi connectivity index (χ1n) is 9.77. The first kappa shape index (κ1) is 18.8. The maximum atomic E-state index is 13.2. The third-order valence-electron chi connectivity index (χ3n) is 5.73. The van der Waals surface area contributed by atoms with Crippen molar-refractivity contribution < 1.29 is 19.0 Å². The van der Waals surface area contributed by atoms with E-state index in [1.165, 1.54) is 11.1 Å². The van der Waals surface area contributed by atoms with E-state index in [1.54, 1.807) is 14.2 Å². The number of nitrogens with zero attached hydrogens (tertiary/aromatic N) is 2. The quantitative estimate of drug-likeness (QED) is 0.879. The van der Waals surface area contributed by atoms with Gasteiger partial charge in [-0.3, -0.25) is 9.89 Å². The molecular formula is C21H27N3O4. The predicted molar refractivity (Wildman–Crippen MR) is 104 cm³/mol. The van der Waals surface area contributed by atoms with Gasteiger partial charge in [0, 0.05) is 25.1 Å². The van der Waals surface area contributed by atoms with Crippen LogP contribution in [0.15, 0.2) is 12.1 Å². The number of carbonyl (C=O) groups is 1. The number of methoxy groups -OCH3 is 2. The van der Waals surface area contributed by atoms with Crippen molar-refractivity contribution in [1.29, 1.82) is 0 Å². The second-order valence-corrected chi connectivity index (χ2v) is 7.53.